The van der Waals surface area contributed by atoms with Crippen LogP contribution in [0.15, 0.2) is 69.9 Å². The maximum Gasteiger partial charge on any atom is 0.254 e. The molecule has 0 saturated carbocycles. The molecular formula is C28H24N2O4. The lowest BCUT2D eigenvalue weighted by Crippen LogP contribution is -2.17. The fourth-order valence-electron chi connectivity index (χ4n) is 4.54. The third-order valence-electron chi connectivity index (χ3n) is 6.31. The summed E-state index contributed by atoms with van der Waals surface area (Å²) in [5.74, 6) is 0.371. The molecule has 6 heteroatoms. The van der Waals surface area contributed by atoms with E-state index in [0.717, 1.165) is 23.0 Å². The number of carbonyl (C=O) groups is 2. The van der Waals surface area contributed by atoms with Crippen molar-refractivity contribution >= 4 is 28.8 Å². The first-order valence-corrected chi connectivity index (χ1v) is 11.1. The monoisotopic (exact) mass is 452 g/mol. The average Bonchev–Trinajstić information content (AvgIpc) is 3.12. The predicted octanol–water partition coefficient (Wildman–Crippen LogP) is 5.34. The van der Waals surface area contributed by atoms with E-state index in [-0.39, 0.29) is 17.4 Å². The van der Waals surface area contributed by atoms with Crippen LogP contribution in [-0.4, -0.2) is 24.1 Å². The topological polar surface area (TPSA) is 79.6 Å². The van der Waals surface area contributed by atoms with Crippen molar-refractivity contribution in [2.75, 3.05) is 12.4 Å². The molecule has 3 aromatic carbocycles. The van der Waals surface area contributed by atoms with Crippen molar-refractivity contribution in [3.05, 3.63) is 98.7 Å². The van der Waals surface area contributed by atoms with Crippen LogP contribution < -0.4 is 10.7 Å². The van der Waals surface area contributed by atoms with E-state index in [4.69, 9.17) is 4.42 Å². The third kappa shape index (κ3) is 3.67. The van der Waals surface area contributed by atoms with E-state index in [1.54, 1.807) is 24.1 Å². The van der Waals surface area contributed by atoms with Crippen molar-refractivity contribution in [1.29, 1.82) is 0 Å². The molecule has 34 heavy (non-hydrogen) atoms. The second-order valence-electron chi connectivity index (χ2n) is 8.81. The minimum absolute atomic E-state index is 0.0389. The summed E-state index contributed by atoms with van der Waals surface area (Å²) >= 11 is 0. The molecule has 5 rings (SSSR count). The number of aldehydes is 1. The van der Waals surface area contributed by atoms with Crippen LogP contribution in [-0.2, 0) is 6.54 Å². The Morgan fingerprint density at radius 3 is 2.65 bits per heavy atom. The Morgan fingerprint density at radius 2 is 1.85 bits per heavy atom. The van der Waals surface area contributed by atoms with Gasteiger partial charge in [0.15, 0.2) is 11.7 Å². The highest BCUT2D eigenvalue weighted by Gasteiger charge is 2.25. The van der Waals surface area contributed by atoms with Crippen LogP contribution in [0.4, 0.5) is 5.69 Å². The van der Waals surface area contributed by atoms with Gasteiger partial charge in [0.1, 0.15) is 11.3 Å². The zero-order valence-electron chi connectivity index (χ0n) is 19.2. The number of nitrogens with one attached hydrogen (secondary N) is 1. The second kappa shape index (κ2) is 8.30. The van der Waals surface area contributed by atoms with Gasteiger partial charge in [-0.05, 0) is 49.2 Å². The first-order chi connectivity index (χ1) is 16.4. The number of hydrogen-bond acceptors (Lipinski definition) is 5. The van der Waals surface area contributed by atoms with Crippen molar-refractivity contribution in [2.24, 2.45) is 0 Å². The van der Waals surface area contributed by atoms with Crippen molar-refractivity contribution < 1.29 is 14.0 Å². The van der Waals surface area contributed by atoms with E-state index in [1.165, 1.54) is 6.07 Å². The number of fused-ring (bicyclic) bond motifs is 2. The molecule has 0 radical (unpaired) electrons. The Hall–Kier alpha value is -4.19. The fourth-order valence-corrected chi connectivity index (χ4v) is 4.54. The molecule has 0 bridgehead atoms. The molecule has 0 fully saturated rings. The Morgan fingerprint density at radius 1 is 1.06 bits per heavy atom. The van der Waals surface area contributed by atoms with Gasteiger partial charge in [-0.15, -0.1) is 0 Å². The molecule has 1 amide bonds. The molecular weight excluding hydrogens is 428 g/mol. The van der Waals surface area contributed by atoms with Crippen molar-refractivity contribution in [3.63, 3.8) is 0 Å². The molecule has 4 aromatic rings. The number of para-hydroxylation sites is 1. The highest BCUT2D eigenvalue weighted by atomic mass is 16.3. The summed E-state index contributed by atoms with van der Waals surface area (Å²) in [7, 11) is 1.77. The normalized spacial score (nSPS) is 13.7. The molecule has 170 valence electrons. The van der Waals surface area contributed by atoms with Crippen LogP contribution >= 0.6 is 0 Å². The molecule has 1 aliphatic rings. The highest BCUT2D eigenvalue weighted by molar-refractivity contribution is 5.99. The van der Waals surface area contributed by atoms with Gasteiger partial charge in [0.25, 0.3) is 5.91 Å². The fraction of sp³-hybridized carbons (Fsp3) is 0.179. The molecule has 1 unspecified atom stereocenters. The zero-order valence-corrected chi connectivity index (χ0v) is 19.2. The van der Waals surface area contributed by atoms with E-state index in [0.29, 0.717) is 45.7 Å². The lowest BCUT2D eigenvalue weighted by atomic mass is 9.99. The Labute approximate surface area is 196 Å². The van der Waals surface area contributed by atoms with E-state index >= 15 is 0 Å². The zero-order chi connectivity index (χ0) is 24.0. The van der Waals surface area contributed by atoms with E-state index in [9.17, 15) is 14.4 Å². The van der Waals surface area contributed by atoms with Gasteiger partial charge in [0.05, 0.1) is 11.4 Å². The van der Waals surface area contributed by atoms with Crippen molar-refractivity contribution in [2.45, 2.75) is 26.4 Å². The Balaban J connectivity index is 1.62. The minimum atomic E-state index is -0.239. The van der Waals surface area contributed by atoms with E-state index in [2.05, 4.69) is 5.32 Å². The Kier molecular flexibility index (Phi) is 5.28. The average molecular weight is 453 g/mol. The van der Waals surface area contributed by atoms with Gasteiger partial charge in [-0.2, -0.15) is 0 Å². The second-order valence-corrected chi connectivity index (χ2v) is 8.81. The quantitative estimate of drug-likeness (QED) is 0.414. The number of nitrogens with zero attached hydrogens (tertiary/aromatic N) is 1. The first kappa shape index (κ1) is 21.6. The lowest BCUT2D eigenvalue weighted by molar-refractivity contribution is 0.0816. The van der Waals surface area contributed by atoms with E-state index in [1.807, 2.05) is 56.3 Å². The largest absolute Gasteiger partial charge is 0.455 e. The summed E-state index contributed by atoms with van der Waals surface area (Å²) in [4.78, 5) is 38.7. The van der Waals surface area contributed by atoms with Crippen LogP contribution in [0.5, 0.6) is 0 Å². The van der Waals surface area contributed by atoms with Gasteiger partial charge >= 0.3 is 0 Å². The number of amides is 1. The van der Waals surface area contributed by atoms with Gasteiger partial charge in [-0.1, -0.05) is 30.3 Å². The van der Waals surface area contributed by atoms with Crippen LogP contribution in [0.2, 0.25) is 0 Å². The number of benzene rings is 3. The molecule has 1 aliphatic heterocycles. The molecule has 1 N–H and O–H groups in total. The highest BCUT2D eigenvalue weighted by Crippen LogP contribution is 2.32. The van der Waals surface area contributed by atoms with Gasteiger partial charge in [-0.25, -0.2) is 0 Å². The summed E-state index contributed by atoms with van der Waals surface area (Å²) in [6, 6.07) is 17.9. The third-order valence-corrected chi connectivity index (χ3v) is 6.31. The molecule has 6 nitrogen and oxygen atoms in total. The smallest absolute Gasteiger partial charge is 0.254 e. The SMILES string of the molecule is Cc1cc(C(C)Nc2ccccc2C=O)c2oc(-c3ccc4c(c3)C(=O)N(C)C4)cc(=O)c2c1. The summed E-state index contributed by atoms with van der Waals surface area (Å²) in [6.07, 6.45) is 0.814. The summed E-state index contributed by atoms with van der Waals surface area (Å²) < 4.78 is 6.32. The van der Waals surface area contributed by atoms with Gasteiger partial charge in [-0.3, -0.25) is 14.4 Å². The number of hydrogen-bond donors (Lipinski definition) is 1. The number of aryl methyl sites for hydroxylation is 1. The van der Waals surface area contributed by atoms with Crippen LogP contribution in [0.1, 0.15) is 50.4 Å². The van der Waals surface area contributed by atoms with Gasteiger partial charge in [0, 0.05) is 47.6 Å². The maximum absolute atomic E-state index is 13.1. The van der Waals surface area contributed by atoms with Gasteiger partial charge in [0.2, 0.25) is 0 Å². The van der Waals surface area contributed by atoms with Crippen molar-refractivity contribution in [1.82, 2.24) is 4.90 Å². The maximum atomic E-state index is 13.1. The molecule has 1 atom stereocenters. The molecule has 1 aromatic heterocycles. The molecule has 0 saturated heterocycles. The standard InChI is InChI=1S/C28H24N2O4/c1-16-10-21(17(2)29-24-7-5-4-6-20(24)15-31)27-23(11-16)25(32)13-26(34-27)18-8-9-19-14-30(3)28(33)22(19)12-18/h4-13,15,17,29H,14H2,1-3H3. The number of rotatable bonds is 5. The van der Waals surface area contributed by atoms with E-state index < -0.39 is 0 Å². The molecule has 0 spiro atoms. The Bertz CT molecular complexity index is 1520. The number of carbonyl (C=O) groups excluding carboxylic acids is 2. The first-order valence-electron chi connectivity index (χ1n) is 11.1. The molecule has 0 aliphatic carbocycles. The molecule has 2 heterocycles. The summed E-state index contributed by atoms with van der Waals surface area (Å²) in [5, 5.41) is 3.87. The minimum Gasteiger partial charge on any atom is -0.455 e. The lowest BCUT2D eigenvalue weighted by Gasteiger charge is -2.19. The van der Waals surface area contributed by atoms with Crippen molar-refractivity contribution in [3.8, 4) is 11.3 Å². The van der Waals surface area contributed by atoms with Crippen LogP contribution in [0, 0.1) is 6.92 Å². The number of anilines is 1. The van der Waals surface area contributed by atoms with Crippen LogP contribution in [0.3, 0.4) is 0 Å². The predicted molar refractivity (Wildman–Crippen MR) is 132 cm³/mol. The van der Waals surface area contributed by atoms with Gasteiger partial charge < -0.3 is 14.6 Å². The summed E-state index contributed by atoms with van der Waals surface area (Å²) in [5.41, 5.74) is 5.62. The van der Waals surface area contributed by atoms with Crippen LogP contribution in [0.25, 0.3) is 22.3 Å². The summed E-state index contributed by atoms with van der Waals surface area (Å²) in [6.45, 7) is 4.47.